The Labute approximate surface area is 172 Å². The van der Waals surface area contributed by atoms with Gasteiger partial charge in [-0.25, -0.2) is 4.79 Å². The SMILES string of the molecule is COc1ccc2[nH]c(=O)c(CN(Cc3ccco3)C(=O)Nc3ccccc3)cc2c1. The van der Waals surface area contributed by atoms with E-state index in [0.29, 0.717) is 28.3 Å². The Hall–Kier alpha value is -4.00. The van der Waals surface area contributed by atoms with Crippen LogP contribution in [0.25, 0.3) is 10.9 Å². The van der Waals surface area contributed by atoms with E-state index in [9.17, 15) is 9.59 Å². The van der Waals surface area contributed by atoms with Gasteiger partial charge in [0.05, 0.1) is 26.5 Å². The number of furan rings is 1. The van der Waals surface area contributed by atoms with Crippen LogP contribution in [0.15, 0.2) is 82.2 Å². The maximum atomic E-state index is 13.0. The first-order valence-electron chi connectivity index (χ1n) is 9.46. The standard InChI is InChI=1S/C23H21N3O4/c1-29-19-9-10-21-16(13-19)12-17(22(27)25-21)14-26(15-20-8-5-11-30-20)23(28)24-18-6-3-2-4-7-18/h2-13H,14-15H2,1H3,(H,24,28)(H,25,27). The quantitative estimate of drug-likeness (QED) is 0.501. The van der Waals surface area contributed by atoms with Crippen molar-refractivity contribution in [3.05, 3.63) is 94.7 Å². The Morgan fingerprint density at radius 3 is 2.63 bits per heavy atom. The van der Waals surface area contributed by atoms with Gasteiger partial charge in [0.2, 0.25) is 0 Å². The summed E-state index contributed by atoms with van der Waals surface area (Å²) in [4.78, 5) is 30.0. The van der Waals surface area contributed by atoms with Crippen LogP contribution in [0.1, 0.15) is 11.3 Å². The molecule has 0 bridgehead atoms. The smallest absolute Gasteiger partial charge is 0.322 e. The fraction of sp³-hybridized carbons (Fsp3) is 0.130. The number of benzene rings is 2. The number of hydrogen-bond acceptors (Lipinski definition) is 4. The van der Waals surface area contributed by atoms with Crippen LogP contribution < -0.4 is 15.6 Å². The number of pyridine rings is 1. The molecule has 7 nitrogen and oxygen atoms in total. The van der Waals surface area contributed by atoms with E-state index in [1.54, 1.807) is 55.8 Å². The molecule has 0 unspecified atom stereocenters. The molecule has 7 heteroatoms. The number of amides is 2. The molecular weight excluding hydrogens is 382 g/mol. The van der Waals surface area contributed by atoms with Crippen LogP contribution in [0.3, 0.4) is 0 Å². The van der Waals surface area contributed by atoms with Crippen LogP contribution in [0.4, 0.5) is 10.5 Å². The molecule has 0 saturated carbocycles. The second-order valence-corrected chi connectivity index (χ2v) is 6.81. The molecule has 152 valence electrons. The number of urea groups is 1. The van der Waals surface area contributed by atoms with E-state index in [4.69, 9.17) is 9.15 Å². The Kier molecular flexibility index (Phi) is 5.52. The van der Waals surface area contributed by atoms with Gasteiger partial charge in [0.15, 0.2) is 0 Å². The van der Waals surface area contributed by atoms with Crippen molar-refractivity contribution >= 4 is 22.6 Å². The summed E-state index contributed by atoms with van der Waals surface area (Å²) in [5, 5.41) is 3.69. The maximum Gasteiger partial charge on any atom is 0.322 e. The van der Waals surface area contributed by atoms with Crippen LogP contribution in [-0.2, 0) is 13.1 Å². The van der Waals surface area contributed by atoms with Gasteiger partial charge in [0.1, 0.15) is 11.5 Å². The average Bonchev–Trinajstić information content (AvgIpc) is 3.27. The second-order valence-electron chi connectivity index (χ2n) is 6.81. The first-order chi connectivity index (χ1) is 14.6. The summed E-state index contributed by atoms with van der Waals surface area (Å²) in [6, 6.07) is 19.6. The molecule has 0 atom stereocenters. The number of aromatic amines is 1. The topological polar surface area (TPSA) is 87.6 Å². The number of carbonyl (C=O) groups is 1. The lowest BCUT2D eigenvalue weighted by atomic mass is 10.1. The molecule has 2 heterocycles. The third kappa shape index (κ3) is 4.35. The van der Waals surface area contributed by atoms with Crippen molar-refractivity contribution in [2.45, 2.75) is 13.1 Å². The van der Waals surface area contributed by atoms with E-state index >= 15 is 0 Å². The molecule has 2 aromatic carbocycles. The van der Waals surface area contributed by atoms with Crippen LogP contribution >= 0.6 is 0 Å². The second kappa shape index (κ2) is 8.57. The van der Waals surface area contributed by atoms with Crippen LogP contribution in [-0.4, -0.2) is 23.0 Å². The van der Waals surface area contributed by atoms with Crippen LogP contribution in [0.5, 0.6) is 5.75 Å². The molecule has 2 amide bonds. The van der Waals surface area contributed by atoms with Gasteiger partial charge in [0, 0.05) is 22.2 Å². The van der Waals surface area contributed by atoms with E-state index in [1.807, 2.05) is 24.3 Å². The van der Waals surface area contributed by atoms with Crippen LogP contribution in [0, 0.1) is 0 Å². The van der Waals surface area contributed by atoms with Crippen molar-refractivity contribution in [1.29, 1.82) is 0 Å². The Morgan fingerprint density at radius 2 is 1.90 bits per heavy atom. The van der Waals surface area contributed by atoms with Gasteiger partial charge in [-0.1, -0.05) is 18.2 Å². The van der Waals surface area contributed by atoms with E-state index < -0.39 is 0 Å². The Balaban J connectivity index is 1.64. The van der Waals surface area contributed by atoms with Crippen molar-refractivity contribution in [2.24, 2.45) is 0 Å². The number of ether oxygens (including phenoxy) is 1. The third-order valence-corrected chi connectivity index (χ3v) is 4.73. The number of hydrogen-bond donors (Lipinski definition) is 2. The van der Waals surface area contributed by atoms with Gasteiger partial charge in [-0.05, 0) is 48.5 Å². The van der Waals surface area contributed by atoms with Crippen molar-refractivity contribution in [3.63, 3.8) is 0 Å². The van der Waals surface area contributed by atoms with E-state index in [0.717, 1.165) is 5.39 Å². The molecule has 4 rings (SSSR count). The number of nitrogens with zero attached hydrogens (tertiary/aromatic N) is 1. The molecule has 0 spiro atoms. The fourth-order valence-electron chi connectivity index (χ4n) is 3.19. The minimum absolute atomic E-state index is 0.113. The zero-order valence-electron chi connectivity index (χ0n) is 16.4. The summed E-state index contributed by atoms with van der Waals surface area (Å²) in [6.07, 6.45) is 1.55. The highest BCUT2D eigenvalue weighted by atomic mass is 16.5. The number of aromatic nitrogens is 1. The van der Waals surface area contributed by atoms with E-state index in [1.165, 1.54) is 4.90 Å². The molecule has 0 aliphatic carbocycles. The zero-order chi connectivity index (χ0) is 20.9. The minimum atomic E-state index is -0.331. The number of H-pyrrole nitrogens is 1. The van der Waals surface area contributed by atoms with Gasteiger partial charge in [-0.2, -0.15) is 0 Å². The van der Waals surface area contributed by atoms with Crippen molar-refractivity contribution in [2.75, 3.05) is 12.4 Å². The lowest BCUT2D eigenvalue weighted by molar-refractivity contribution is 0.201. The van der Waals surface area contributed by atoms with Gasteiger partial charge in [-0.15, -0.1) is 0 Å². The molecule has 2 N–H and O–H groups in total. The summed E-state index contributed by atoms with van der Waals surface area (Å²) < 4.78 is 10.7. The number of anilines is 1. The highest BCUT2D eigenvalue weighted by Crippen LogP contribution is 2.20. The van der Waals surface area contributed by atoms with Gasteiger partial charge < -0.3 is 24.4 Å². The predicted octanol–water partition coefficient (Wildman–Crippen LogP) is 4.36. The summed E-state index contributed by atoms with van der Waals surface area (Å²) in [5.41, 5.74) is 1.59. The number of carbonyl (C=O) groups excluding carboxylic acids is 1. The minimum Gasteiger partial charge on any atom is -0.497 e. The summed E-state index contributed by atoms with van der Waals surface area (Å²) in [7, 11) is 1.59. The monoisotopic (exact) mass is 403 g/mol. The Morgan fingerprint density at radius 1 is 1.07 bits per heavy atom. The normalized spacial score (nSPS) is 10.7. The fourth-order valence-corrected chi connectivity index (χ4v) is 3.19. The van der Waals surface area contributed by atoms with Crippen molar-refractivity contribution in [3.8, 4) is 5.75 Å². The number of rotatable bonds is 6. The first kappa shape index (κ1) is 19.3. The molecule has 2 aromatic heterocycles. The highest BCUT2D eigenvalue weighted by molar-refractivity contribution is 5.89. The Bertz CT molecular complexity index is 1200. The number of para-hydroxylation sites is 1. The highest BCUT2D eigenvalue weighted by Gasteiger charge is 2.18. The van der Waals surface area contributed by atoms with Gasteiger partial charge >= 0.3 is 6.03 Å². The molecule has 30 heavy (non-hydrogen) atoms. The zero-order valence-corrected chi connectivity index (χ0v) is 16.4. The lowest BCUT2D eigenvalue weighted by Gasteiger charge is -2.22. The average molecular weight is 403 g/mol. The van der Waals surface area contributed by atoms with Crippen LogP contribution in [0.2, 0.25) is 0 Å². The molecular formula is C23H21N3O4. The largest absolute Gasteiger partial charge is 0.497 e. The predicted molar refractivity (Wildman–Crippen MR) is 115 cm³/mol. The van der Waals surface area contributed by atoms with Crippen molar-refractivity contribution < 1.29 is 13.9 Å². The number of nitrogens with one attached hydrogen (secondary N) is 2. The maximum absolute atomic E-state index is 13.0. The molecule has 4 aromatic rings. The van der Waals surface area contributed by atoms with E-state index in [2.05, 4.69) is 10.3 Å². The summed E-state index contributed by atoms with van der Waals surface area (Å²) in [5.74, 6) is 1.31. The third-order valence-electron chi connectivity index (χ3n) is 4.73. The van der Waals surface area contributed by atoms with Crippen molar-refractivity contribution in [1.82, 2.24) is 9.88 Å². The molecule has 0 saturated heterocycles. The molecule has 0 aliphatic rings. The molecule has 0 radical (unpaired) electrons. The van der Waals surface area contributed by atoms with Gasteiger partial charge in [0.25, 0.3) is 5.56 Å². The molecule has 0 fully saturated rings. The first-order valence-corrected chi connectivity index (χ1v) is 9.46. The number of fused-ring (bicyclic) bond motifs is 1. The number of methoxy groups -OCH3 is 1. The van der Waals surface area contributed by atoms with Gasteiger partial charge in [-0.3, -0.25) is 4.79 Å². The molecule has 0 aliphatic heterocycles. The summed E-state index contributed by atoms with van der Waals surface area (Å²) >= 11 is 0. The van der Waals surface area contributed by atoms with E-state index in [-0.39, 0.29) is 24.7 Å². The summed E-state index contributed by atoms with van der Waals surface area (Å²) in [6.45, 7) is 0.336. The lowest BCUT2D eigenvalue weighted by Crippen LogP contribution is -2.35.